The molecule has 1 N–H and O–H groups in total. The number of hydrogen-bond donors (Lipinski definition) is 1. The van der Waals surface area contributed by atoms with Gasteiger partial charge >= 0.3 is 0 Å². The average Bonchev–Trinajstić information content (AvgIpc) is 3.09. The van der Waals surface area contributed by atoms with E-state index in [0.717, 1.165) is 23.6 Å². The van der Waals surface area contributed by atoms with Crippen LogP contribution < -0.4 is 5.32 Å². The van der Waals surface area contributed by atoms with Crippen molar-refractivity contribution in [3.8, 4) is 0 Å². The molecule has 1 aromatic rings. The fourth-order valence-electron chi connectivity index (χ4n) is 1.86. The number of likely N-dealkylation sites (N-methyl/N-ethyl adjacent to an activating group) is 1. The predicted molar refractivity (Wildman–Crippen MR) is 76.1 cm³/mol. The van der Waals surface area contributed by atoms with E-state index in [0.29, 0.717) is 6.04 Å². The monoisotopic (exact) mass is 296 g/mol. The molecule has 0 bridgehead atoms. The molecule has 2 rings (SSSR count). The molecular weight excluding hydrogens is 276 g/mol. The van der Waals surface area contributed by atoms with Gasteiger partial charge in [-0.25, -0.2) is 0 Å². The van der Waals surface area contributed by atoms with E-state index < -0.39 is 0 Å². The van der Waals surface area contributed by atoms with Gasteiger partial charge in [-0.2, -0.15) is 0 Å². The van der Waals surface area contributed by atoms with Crippen LogP contribution in [-0.4, -0.2) is 30.6 Å². The Kier molecular flexibility index (Phi) is 4.60. The van der Waals surface area contributed by atoms with Crippen molar-refractivity contribution in [3.05, 3.63) is 34.3 Å². The molecule has 17 heavy (non-hydrogen) atoms. The summed E-state index contributed by atoms with van der Waals surface area (Å²) >= 11 is 3.52. The molecule has 1 atom stereocenters. The number of nitrogens with zero attached hydrogens (tertiary/aromatic N) is 1. The summed E-state index contributed by atoms with van der Waals surface area (Å²) in [5, 5.41) is 3.58. The molecule has 1 saturated carbocycles. The minimum absolute atomic E-state index is 0.578. The second-order valence-corrected chi connectivity index (χ2v) is 5.99. The molecular formula is C14H21BrN2. The lowest BCUT2D eigenvalue weighted by Crippen LogP contribution is -2.38. The Bertz CT molecular complexity index is 363. The lowest BCUT2D eigenvalue weighted by Gasteiger charge is -2.25. The predicted octanol–water partition coefficient (Wildman–Crippen LogP) is 3.02. The summed E-state index contributed by atoms with van der Waals surface area (Å²) in [5.41, 5.74) is 1.36. The summed E-state index contributed by atoms with van der Waals surface area (Å²) in [6, 6.07) is 9.92. The average molecular weight is 297 g/mol. The quantitative estimate of drug-likeness (QED) is 0.868. The molecule has 2 nitrogen and oxygen atoms in total. The van der Waals surface area contributed by atoms with E-state index in [9.17, 15) is 0 Å². The van der Waals surface area contributed by atoms with E-state index in [1.54, 1.807) is 0 Å². The summed E-state index contributed by atoms with van der Waals surface area (Å²) in [6.45, 7) is 4.38. The van der Waals surface area contributed by atoms with Gasteiger partial charge < -0.3 is 5.32 Å². The molecule has 0 radical (unpaired) electrons. The molecule has 0 aliphatic heterocycles. The zero-order valence-corrected chi connectivity index (χ0v) is 12.2. The highest BCUT2D eigenvalue weighted by molar-refractivity contribution is 9.10. The second kappa shape index (κ2) is 5.98. The fourth-order valence-corrected chi connectivity index (χ4v) is 2.31. The third-order valence-electron chi connectivity index (χ3n) is 3.35. The van der Waals surface area contributed by atoms with Crippen LogP contribution in [0.4, 0.5) is 0 Å². The third kappa shape index (κ3) is 4.41. The van der Waals surface area contributed by atoms with E-state index in [1.165, 1.54) is 18.4 Å². The number of nitrogens with one attached hydrogen (secondary N) is 1. The molecule has 0 spiro atoms. The maximum absolute atomic E-state index is 3.58. The number of benzene rings is 1. The van der Waals surface area contributed by atoms with Crippen LogP contribution >= 0.6 is 15.9 Å². The van der Waals surface area contributed by atoms with Crippen LogP contribution in [0.3, 0.4) is 0 Å². The van der Waals surface area contributed by atoms with Gasteiger partial charge in [0, 0.05) is 29.6 Å². The Hall–Kier alpha value is -0.380. The van der Waals surface area contributed by atoms with Gasteiger partial charge in [0.15, 0.2) is 0 Å². The van der Waals surface area contributed by atoms with Crippen molar-refractivity contribution in [1.29, 1.82) is 0 Å². The van der Waals surface area contributed by atoms with E-state index >= 15 is 0 Å². The lowest BCUT2D eigenvalue weighted by atomic mass is 10.2. The van der Waals surface area contributed by atoms with Crippen LogP contribution in [0.5, 0.6) is 0 Å². The van der Waals surface area contributed by atoms with Gasteiger partial charge in [-0.15, -0.1) is 0 Å². The molecule has 0 amide bonds. The lowest BCUT2D eigenvalue weighted by molar-refractivity contribution is 0.242. The van der Waals surface area contributed by atoms with E-state index in [2.05, 4.69) is 64.4 Å². The van der Waals surface area contributed by atoms with Crippen molar-refractivity contribution in [2.45, 2.75) is 38.4 Å². The van der Waals surface area contributed by atoms with E-state index in [1.807, 2.05) is 0 Å². The van der Waals surface area contributed by atoms with Gasteiger partial charge in [-0.1, -0.05) is 28.1 Å². The highest BCUT2D eigenvalue weighted by atomic mass is 79.9. The van der Waals surface area contributed by atoms with E-state index in [-0.39, 0.29) is 0 Å². The highest BCUT2D eigenvalue weighted by Crippen LogP contribution is 2.19. The molecule has 1 aromatic carbocycles. The minimum atomic E-state index is 0.578. The topological polar surface area (TPSA) is 15.3 Å². The number of hydrogen-bond acceptors (Lipinski definition) is 2. The Morgan fingerprint density at radius 1 is 1.47 bits per heavy atom. The molecule has 1 aliphatic rings. The number of halogens is 1. The first-order chi connectivity index (χ1) is 8.15. The van der Waals surface area contributed by atoms with Crippen LogP contribution in [0.1, 0.15) is 25.3 Å². The highest BCUT2D eigenvalue weighted by Gasteiger charge is 2.21. The van der Waals surface area contributed by atoms with Crippen molar-refractivity contribution >= 4 is 15.9 Å². The number of rotatable bonds is 6. The Morgan fingerprint density at radius 2 is 2.24 bits per heavy atom. The van der Waals surface area contributed by atoms with Gasteiger partial charge in [0.25, 0.3) is 0 Å². The second-order valence-electron chi connectivity index (χ2n) is 5.08. The first-order valence-electron chi connectivity index (χ1n) is 6.33. The molecule has 1 unspecified atom stereocenters. The summed E-state index contributed by atoms with van der Waals surface area (Å²) in [5.74, 6) is 0. The molecule has 0 heterocycles. The summed E-state index contributed by atoms with van der Waals surface area (Å²) < 4.78 is 1.16. The van der Waals surface area contributed by atoms with Gasteiger partial charge in [0.1, 0.15) is 0 Å². The van der Waals surface area contributed by atoms with Crippen LogP contribution in [0.25, 0.3) is 0 Å². The minimum Gasteiger partial charge on any atom is -0.312 e. The van der Waals surface area contributed by atoms with Crippen molar-refractivity contribution in [1.82, 2.24) is 10.2 Å². The largest absolute Gasteiger partial charge is 0.312 e. The maximum Gasteiger partial charge on any atom is 0.0234 e. The van der Waals surface area contributed by atoms with E-state index in [4.69, 9.17) is 0 Å². The third-order valence-corrected chi connectivity index (χ3v) is 3.85. The smallest absolute Gasteiger partial charge is 0.0234 e. The standard InChI is InChI=1S/C14H21BrN2/c1-11(9-16-14-6-7-14)17(2)10-12-4-3-5-13(15)8-12/h3-5,8,11,14,16H,6-7,9-10H2,1-2H3. The fraction of sp³-hybridized carbons (Fsp3) is 0.571. The van der Waals surface area contributed by atoms with Crippen molar-refractivity contribution in [2.24, 2.45) is 0 Å². The Labute approximate surface area is 113 Å². The SMILES string of the molecule is CC(CNC1CC1)N(C)Cc1cccc(Br)c1. The molecule has 1 fully saturated rings. The molecule has 3 heteroatoms. The van der Waals surface area contributed by atoms with Crippen molar-refractivity contribution in [3.63, 3.8) is 0 Å². The zero-order chi connectivity index (χ0) is 12.3. The van der Waals surface area contributed by atoms with Crippen LogP contribution in [-0.2, 0) is 6.54 Å². The molecule has 94 valence electrons. The first-order valence-corrected chi connectivity index (χ1v) is 7.12. The van der Waals surface area contributed by atoms with Gasteiger partial charge in [-0.05, 0) is 44.5 Å². The first kappa shape index (κ1) is 13.1. The normalized spacial score (nSPS) is 17.4. The Balaban J connectivity index is 1.80. The summed E-state index contributed by atoms with van der Waals surface area (Å²) in [4.78, 5) is 2.40. The van der Waals surface area contributed by atoms with Gasteiger partial charge in [0.05, 0.1) is 0 Å². The van der Waals surface area contributed by atoms with Crippen molar-refractivity contribution < 1.29 is 0 Å². The Morgan fingerprint density at radius 3 is 2.88 bits per heavy atom. The molecule has 0 saturated heterocycles. The van der Waals surface area contributed by atoms with Crippen LogP contribution in [0, 0.1) is 0 Å². The van der Waals surface area contributed by atoms with Crippen LogP contribution in [0.2, 0.25) is 0 Å². The molecule has 0 aromatic heterocycles. The summed E-state index contributed by atoms with van der Waals surface area (Å²) in [6.07, 6.45) is 2.73. The van der Waals surface area contributed by atoms with Gasteiger partial charge in [0.2, 0.25) is 0 Å². The van der Waals surface area contributed by atoms with Crippen molar-refractivity contribution in [2.75, 3.05) is 13.6 Å². The zero-order valence-electron chi connectivity index (χ0n) is 10.6. The van der Waals surface area contributed by atoms with Gasteiger partial charge in [-0.3, -0.25) is 4.90 Å². The molecule has 1 aliphatic carbocycles. The maximum atomic E-state index is 3.58. The van der Waals surface area contributed by atoms with Crippen LogP contribution in [0.15, 0.2) is 28.7 Å². The summed E-state index contributed by atoms with van der Waals surface area (Å²) in [7, 11) is 2.19.